The molecule has 0 radical (unpaired) electrons. The number of carbonyl (C=O) groups is 2. The van der Waals surface area contributed by atoms with Gasteiger partial charge >= 0.3 is 0 Å². The Kier molecular flexibility index (Phi) is 9.45. The minimum atomic E-state index is -0.288. The lowest BCUT2D eigenvalue weighted by Crippen LogP contribution is -2.43. The van der Waals surface area contributed by atoms with Crippen molar-refractivity contribution in [1.82, 2.24) is 24.7 Å². The molecule has 0 aliphatic carbocycles. The fraction of sp³-hybridized carbons (Fsp3) is 0.353. The Balaban J connectivity index is 1.31. The molecule has 0 saturated carbocycles. The summed E-state index contributed by atoms with van der Waals surface area (Å²) < 4.78 is 7.05. The van der Waals surface area contributed by atoms with E-state index in [0.29, 0.717) is 29.8 Å². The molecule has 5 rings (SSSR count). The predicted molar refractivity (Wildman–Crippen MR) is 168 cm³/mol. The van der Waals surface area contributed by atoms with Gasteiger partial charge in [0.05, 0.1) is 43.5 Å². The Morgan fingerprint density at radius 3 is 2.23 bits per heavy atom. The quantitative estimate of drug-likeness (QED) is 0.306. The van der Waals surface area contributed by atoms with Crippen LogP contribution in [0.5, 0.6) is 0 Å². The Bertz CT molecular complexity index is 1660. The smallest absolute Gasteiger partial charge is 0.269 e. The van der Waals surface area contributed by atoms with Crippen LogP contribution in [0.4, 0.5) is 0 Å². The number of ketones is 1. The second-order valence-electron chi connectivity index (χ2n) is 11.4. The highest BCUT2D eigenvalue weighted by atomic mass is 16.5. The topological polar surface area (TPSA) is 96.8 Å². The monoisotopic (exact) mass is 581 g/mol. The maximum absolute atomic E-state index is 13.2. The number of hydrogen-bond acceptors (Lipinski definition) is 7. The number of morpholine rings is 1. The number of Topliss-reactive ketones (excluding diaryl/α,β-unsaturated/α-hetero) is 1. The number of ether oxygens (including phenoxy) is 1. The number of aromatic nitrogens is 2. The molecular formula is C34H39N5O4. The van der Waals surface area contributed by atoms with Gasteiger partial charge in [-0.2, -0.15) is 0 Å². The van der Waals surface area contributed by atoms with Gasteiger partial charge in [0.1, 0.15) is 0 Å². The molecule has 1 atom stereocenters. The largest absolute Gasteiger partial charge is 0.379 e. The first-order valence-electron chi connectivity index (χ1n) is 14.6. The van der Waals surface area contributed by atoms with Gasteiger partial charge in [0.25, 0.3) is 11.5 Å². The molecule has 1 aromatic heterocycles. The van der Waals surface area contributed by atoms with Crippen LogP contribution in [0.15, 0.2) is 71.7 Å². The van der Waals surface area contributed by atoms with Crippen molar-refractivity contribution in [1.29, 1.82) is 0 Å². The zero-order valence-electron chi connectivity index (χ0n) is 25.3. The Morgan fingerprint density at radius 1 is 0.953 bits per heavy atom. The van der Waals surface area contributed by atoms with Crippen LogP contribution in [0, 0.1) is 13.8 Å². The highest BCUT2D eigenvalue weighted by Gasteiger charge is 2.20. The van der Waals surface area contributed by atoms with Crippen molar-refractivity contribution in [3.05, 3.63) is 99.5 Å². The molecule has 9 heteroatoms. The first-order valence-corrected chi connectivity index (χ1v) is 14.6. The molecule has 4 aromatic rings. The summed E-state index contributed by atoms with van der Waals surface area (Å²) in [4.78, 5) is 46.4. The van der Waals surface area contributed by atoms with Gasteiger partial charge in [0, 0.05) is 45.3 Å². The zero-order chi connectivity index (χ0) is 30.5. The van der Waals surface area contributed by atoms with E-state index in [1.54, 1.807) is 19.0 Å². The van der Waals surface area contributed by atoms with Crippen LogP contribution in [-0.4, -0.2) is 84.5 Å². The van der Waals surface area contributed by atoms with Crippen molar-refractivity contribution < 1.29 is 14.3 Å². The van der Waals surface area contributed by atoms with E-state index in [2.05, 4.69) is 39.5 Å². The highest BCUT2D eigenvalue weighted by Crippen LogP contribution is 2.24. The van der Waals surface area contributed by atoms with Crippen LogP contribution in [0.3, 0.4) is 0 Å². The summed E-state index contributed by atoms with van der Waals surface area (Å²) in [6.07, 6.45) is 1.29. The lowest BCUT2D eigenvalue weighted by molar-refractivity contribution is -0.119. The maximum atomic E-state index is 13.2. The predicted octanol–water partition coefficient (Wildman–Crippen LogP) is 3.61. The minimum absolute atomic E-state index is 0.0249. The molecule has 1 fully saturated rings. The lowest BCUT2D eigenvalue weighted by Gasteiger charge is -2.31. The van der Waals surface area contributed by atoms with E-state index >= 15 is 0 Å². The third-order valence-corrected chi connectivity index (χ3v) is 8.07. The zero-order valence-corrected chi connectivity index (χ0v) is 25.3. The average molecular weight is 582 g/mol. The summed E-state index contributed by atoms with van der Waals surface area (Å²) in [5.74, 6) is -0.107. The number of nitrogens with zero attached hydrogens (tertiary/aromatic N) is 4. The molecule has 3 aromatic carbocycles. The molecule has 1 aliphatic heterocycles. The lowest BCUT2D eigenvalue weighted by atomic mass is 9.99. The van der Waals surface area contributed by atoms with Gasteiger partial charge in [0.2, 0.25) is 0 Å². The van der Waals surface area contributed by atoms with Crippen LogP contribution < -0.4 is 10.9 Å². The Labute approximate surface area is 252 Å². The molecule has 1 saturated heterocycles. The number of fused-ring (bicyclic) bond motifs is 1. The van der Waals surface area contributed by atoms with E-state index in [0.717, 1.165) is 47.5 Å². The molecule has 0 bridgehead atoms. The number of amides is 1. The van der Waals surface area contributed by atoms with E-state index in [1.165, 1.54) is 10.8 Å². The molecule has 1 aliphatic rings. The number of benzene rings is 3. The van der Waals surface area contributed by atoms with Crippen molar-refractivity contribution >= 4 is 22.7 Å². The van der Waals surface area contributed by atoms with Crippen molar-refractivity contribution in [3.63, 3.8) is 0 Å². The van der Waals surface area contributed by atoms with Gasteiger partial charge in [-0.15, -0.1) is 0 Å². The van der Waals surface area contributed by atoms with Gasteiger partial charge in [-0.05, 0) is 65.9 Å². The van der Waals surface area contributed by atoms with Gasteiger partial charge in [-0.3, -0.25) is 23.9 Å². The molecule has 224 valence electrons. The minimum Gasteiger partial charge on any atom is -0.379 e. The molecule has 1 N–H and O–H groups in total. The van der Waals surface area contributed by atoms with E-state index in [1.807, 2.05) is 50.2 Å². The van der Waals surface area contributed by atoms with Crippen LogP contribution in [0.25, 0.3) is 22.2 Å². The fourth-order valence-corrected chi connectivity index (χ4v) is 5.35. The van der Waals surface area contributed by atoms with E-state index in [9.17, 15) is 14.4 Å². The maximum Gasteiger partial charge on any atom is 0.269 e. The van der Waals surface area contributed by atoms with Gasteiger partial charge < -0.3 is 15.0 Å². The number of nitrogens with one attached hydrogen (secondary N) is 1. The summed E-state index contributed by atoms with van der Waals surface area (Å²) >= 11 is 0. The fourth-order valence-electron chi connectivity index (χ4n) is 5.35. The number of aryl methyl sites for hydroxylation is 2. The number of rotatable bonds is 10. The molecule has 2 heterocycles. The molecule has 9 nitrogen and oxygen atoms in total. The second-order valence-corrected chi connectivity index (χ2v) is 11.4. The van der Waals surface area contributed by atoms with Crippen LogP contribution in [-0.2, 0) is 16.1 Å². The van der Waals surface area contributed by atoms with Crippen molar-refractivity contribution in [3.8, 4) is 11.1 Å². The first-order chi connectivity index (χ1) is 20.7. The summed E-state index contributed by atoms with van der Waals surface area (Å²) in [5, 5.41) is 3.48. The van der Waals surface area contributed by atoms with Crippen molar-refractivity contribution in [2.75, 3.05) is 53.5 Å². The van der Waals surface area contributed by atoms with Crippen LogP contribution >= 0.6 is 0 Å². The molecule has 1 unspecified atom stereocenters. The second kappa shape index (κ2) is 13.4. The van der Waals surface area contributed by atoms with Crippen LogP contribution in [0.2, 0.25) is 0 Å². The van der Waals surface area contributed by atoms with Crippen molar-refractivity contribution in [2.24, 2.45) is 0 Å². The molecular weight excluding hydrogens is 542 g/mol. The Hall–Kier alpha value is -4.18. The normalized spacial score (nSPS) is 14.5. The molecule has 43 heavy (non-hydrogen) atoms. The van der Waals surface area contributed by atoms with E-state index in [-0.39, 0.29) is 36.4 Å². The summed E-state index contributed by atoms with van der Waals surface area (Å²) in [6, 6.07) is 19.7. The van der Waals surface area contributed by atoms with Gasteiger partial charge in [-0.1, -0.05) is 36.4 Å². The number of hydrogen-bond donors (Lipinski definition) is 1. The highest BCUT2D eigenvalue weighted by molar-refractivity contribution is 5.94. The van der Waals surface area contributed by atoms with Crippen molar-refractivity contribution in [2.45, 2.75) is 26.4 Å². The summed E-state index contributed by atoms with van der Waals surface area (Å²) in [7, 11) is 3.49. The Morgan fingerprint density at radius 2 is 1.58 bits per heavy atom. The molecule has 1 amide bonds. The summed E-state index contributed by atoms with van der Waals surface area (Å²) in [5.41, 5.74) is 7.01. The van der Waals surface area contributed by atoms with E-state index < -0.39 is 0 Å². The van der Waals surface area contributed by atoms with Crippen LogP contribution in [0.1, 0.15) is 33.1 Å². The SMILES string of the molecule is Cc1cc2ncc(=O)n(CC(=O)CNC(CN3CCOCC3)c3ccc(-c4ccc(C(=O)N(C)C)cc4)cc3)c2cc1C. The summed E-state index contributed by atoms with van der Waals surface area (Å²) in [6.45, 7) is 7.87. The third-order valence-electron chi connectivity index (χ3n) is 8.07. The number of carbonyl (C=O) groups excluding carboxylic acids is 2. The third kappa shape index (κ3) is 7.25. The standard InChI is InChI=1S/C34H39N5O4/c1-23-17-30-32(18-24(23)2)39(33(41)20-36-30)21-29(40)19-35-31(22-38-13-15-43-16-14-38)27-9-5-25(6-10-27)26-7-11-28(12-8-26)34(42)37(3)4/h5-12,17-18,20,31,35H,13-16,19,21-22H2,1-4H3. The first kappa shape index (κ1) is 30.3. The molecule has 0 spiro atoms. The van der Waals surface area contributed by atoms with Gasteiger partial charge in [0.15, 0.2) is 5.78 Å². The average Bonchev–Trinajstić information content (AvgIpc) is 3.02. The van der Waals surface area contributed by atoms with E-state index in [4.69, 9.17) is 4.74 Å². The van der Waals surface area contributed by atoms with Gasteiger partial charge in [-0.25, -0.2) is 4.98 Å².